The fourth-order valence-corrected chi connectivity index (χ4v) is 7.21. The molecule has 0 amide bonds. The van der Waals surface area contributed by atoms with Crippen molar-refractivity contribution in [1.29, 1.82) is 0 Å². The smallest absolute Gasteiger partial charge is 0.321 e. The van der Waals surface area contributed by atoms with Crippen LogP contribution < -0.4 is 16.0 Å². The first-order valence-corrected chi connectivity index (χ1v) is 14.6. The lowest BCUT2D eigenvalue weighted by atomic mass is 9.86. The third-order valence-electron chi connectivity index (χ3n) is 9.51. The molecule has 6 rings (SSSR count). The zero-order valence-electron chi connectivity index (χ0n) is 25.0. The fourth-order valence-electron chi connectivity index (χ4n) is 7.21. The van der Waals surface area contributed by atoms with Crippen LogP contribution in [-0.4, -0.2) is 38.9 Å². The van der Waals surface area contributed by atoms with Gasteiger partial charge in [-0.1, -0.05) is 33.4 Å². The largest absolute Gasteiger partial charge is 0.468 e. The molecule has 5 N–H and O–H groups in total. The molecule has 5 heterocycles. The second-order valence-corrected chi connectivity index (χ2v) is 11.5. The normalized spacial score (nSPS) is 25.3. The number of aromatic amines is 3. The number of nitrogens with one attached hydrogen (secondary N) is 4. The molecular formula is C34H38N4O4. The molecule has 1 aliphatic carbocycles. The number of esters is 1. The SMILES string of the molecule is C=Cc1c2[nH]c(c1C)/C=C1/N/C(=C3\c4[nH]c(c(C)c4C(=O)[C@@H]3C(=O)OC)/C=c3\[nH]/c(c(CO)c3CC)=C\2)[C@@H](CC)[C@@H]1C. The Labute approximate surface area is 245 Å². The molecule has 0 spiro atoms. The summed E-state index contributed by atoms with van der Waals surface area (Å²) in [5, 5.41) is 15.8. The summed E-state index contributed by atoms with van der Waals surface area (Å²) in [6.45, 7) is 14.3. The molecule has 0 radical (unpaired) electrons. The van der Waals surface area contributed by atoms with Gasteiger partial charge in [0.05, 0.1) is 19.4 Å². The average molecular weight is 567 g/mol. The predicted octanol–water partition coefficient (Wildman–Crippen LogP) is 3.96. The van der Waals surface area contributed by atoms with Crippen LogP contribution in [0.3, 0.4) is 0 Å². The summed E-state index contributed by atoms with van der Waals surface area (Å²) >= 11 is 0. The van der Waals surface area contributed by atoms with Gasteiger partial charge in [0.25, 0.3) is 0 Å². The Hall–Kier alpha value is -4.30. The number of rotatable bonds is 5. The van der Waals surface area contributed by atoms with E-state index in [0.29, 0.717) is 23.3 Å². The van der Waals surface area contributed by atoms with Crippen molar-refractivity contribution in [3.05, 3.63) is 84.8 Å². The molecule has 218 valence electrons. The first kappa shape index (κ1) is 27.8. The molecule has 42 heavy (non-hydrogen) atoms. The van der Waals surface area contributed by atoms with Crippen LogP contribution in [0.25, 0.3) is 29.9 Å². The molecule has 8 nitrogen and oxygen atoms in total. The lowest BCUT2D eigenvalue weighted by Gasteiger charge is -2.18. The van der Waals surface area contributed by atoms with E-state index >= 15 is 0 Å². The zero-order chi connectivity index (χ0) is 30.0. The maximum Gasteiger partial charge on any atom is 0.321 e. The second kappa shape index (κ2) is 10.2. The van der Waals surface area contributed by atoms with Gasteiger partial charge in [-0.15, -0.1) is 0 Å². The van der Waals surface area contributed by atoms with E-state index in [9.17, 15) is 14.7 Å². The van der Waals surface area contributed by atoms with Gasteiger partial charge in [0.15, 0.2) is 5.78 Å². The van der Waals surface area contributed by atoms with Crippen molar-refractivity contribution in [2.75, 3.05) is 7.11 Å². The molecule has 1 saturated heterocycles. The van der Waals surface area contributed by atoms with Crippen LogP contribution in [0, 0.1) is 31.6 Å². The Morgan fingerprint density at radius 2 is 1.71 bits per heavy atom. The van der Waals surface area contributed by atoms with Gasteiger partial charge in [-0.05, 0) is 61.6 Å². The molecule has 1 fully saturated rings. The van der Waals surface area contributed by atoms with Crippen LogP contribution in [0.4, 0.5) is 0 Å². The third-order valence-corrected chi connectivity index (χ3v) is 9.51. The number of fused-ring (bicyclic) bond motifs is 7. The number of carbonyl (C=O) groups is 2. The summed E-state index contributed by atoms with van der Waals surface area (Å²) in [5.74, 6) is -1.64. The summed E-state index contributed by atoms with van der Waals surface area (Å²) < 4.78 is 5.17. The number of hydrogen-bond acceptors (Lipinski definition) is 5. The van der Waals surface area contributed by atoms with Gasteiger partial charge in [-0.25, -0.2) is 0 Å². The Morgan fingerprint density at radius 1 is 1.02 bits per heavy atom. The number of carbonyl (C=O) groups excluding carboxylic acids is 2. The van der Waals surface area contributed by atoms with E-state index in [-0.39, 0.29) is 24.2 Å². The average Bonchev–Trinajstić information content (AvgIpc) is 3.72. The number of ketones is 1. The number of aliphatic hydroxyl groups is 1. The number of Topliss-reactive ketones (excluding diaryl/α,β-unsaturated/α-hetero) is 1. The van der Waals surface area contributed by atoms with E-state index in [0.717, 1.165) is 73.4 Å². The van der Waals surface area contributed by atoms with Gasteiger partial charge < -0.3 is 30.1 Å². The zero-order valence-corrected chi connectivity index (χ0v) is 25.0. The number of aromatic nitrogens is 3. The van der Waals surface area contributed by atoms with Crippen molar-refractivity contribution in [3.63, 3.8) is 0 Å². The number of hydrogen-bond donors (Lipinski definition) is 5. The maximum atomic E-state index is 13.9. The standard InChI is InChI=1S/C34H38N4O4/c1-8-18-15(4)22-11-23-16(5)19(9-2)31(37-23)29-30(34(41)42-7)33(40)28-17(6)24(38-32(28)29)12-26-20(10-3)21(14-39)27(36-26)13-25(18)35-22/h8,11-13,16,19,30,35-39H,1,9-10,14H2,2-7H3/b23-11+,26-12-,27-13-,31-29-/t16-,19-,30+/m0/s1. The van der Waals surface area contributed by atoms with Crippen LogP contribution in [0.2, 0.25) is 0 Å². The van der Waals surface area contributed by atoms with Gasteiger partial charge in [0, 0.05) is 73.3 Å². The first-order valence-electron chi connectivity index (χ1n) is 14.6. The van der Waals surface area contributed by atoms with Crippen molar-refractivity contribution >= 4 is 41.6 Å². The number of methoxy groups -OCH3 is 1. The summed E-state index contributed by atoms with van der Waals surface area (Å²) in [5.41, 5.74) is 11.1. The number of ether oxygens (including phenoxy) is 1. The maximum absolute atomic E-state index is 13.9. The molecule has 3 atom stereocenters. The topological polar surface area (TPSA) is 123 Å². The van der Waals surface area contributed by atoms with Crippen molar-refractivity contribution in [2.45, 2.75) is 54.1 Å². The van der Waals surface area contributed by atoms with Crippen LogP contribution in [0.15, 0.2) is 18.0 Å². The Balaban J connectivity index is 1.76. The molecule has 3 aromatic heterocycles. The monoisotopic (exact) mass is 566 g/mol. The van der Waals surface area contributed by atoms with Crippen LogP contribution >= 0.6 is 0 Å². The highest BCUT2D eigenvalue weighted by atomic mass is 16.5. The first-order chi connectivity index (χ1) is 20.2. The lowest BCUT2D eigenvalue weighted by molar-refractivity contribution is -0.141. The minimum Gasteiger partial charge on any atom is -0.468 e. The van der Waals surface area contributed by atoms with Gasteiger partial charge in [0.2, 0.25) is 0 Å². The Morgan fingerprint density at radius 3 is 2.36 bits per heavy atom. The predicted molar refractivity (Wildman–Crippen MR) is 164 cm³/mol. The van der Waals surface area contributed by atoms with E-state index < -0.39 is 11.9 Å². The van der Waals surface area contributed by atoms with Crippen molar-refractivity contribution in [3.8, 4) is 0 Å². The van der Waals surface area contributed by atoms with Crippen LogP contribution in [-0.2, 0) is 22.6 Å². The van der Waals surface area contributed by atoms with Gasteiger partial charge in [-0.3, -0.25) is 9.59 Å². The van der Waals surface area contributed by atoms with Gasteiger partial charge >= 0.3 is 5.97 Å². The van der Waals surface area contributed by atoms with Crippen LogP contribution in [0.1, 0.15) is 88.1 Å². The molecule has 0 aromatic carbocycles. The van der Waals surface area contributed by atoms with E-state index in [2.05, 4.69) is 60.6 Å². The molecule has 8 heteroatoms. The minimum absolute atomic E-state index is 0.0772. The fraction of sp³-hybridized carbons (Fsp3) is 0.353. The highest BCUT2D eigenvalue weighted by molar-refractivity contribution is 6.24. The molecule has 0 unspecified atom stereocenters. The molecule has 8 bridgehead atoms. The van der Waals surface area contributed by atoms with Gasteiger partial charge in [-0.2, -0.15) is 0 Å². The molecular weight excluding hydrogens is 528 g/mol. The van der Waals surface area contributed by atoms with E-state index in [1.54, 1.807) is 0 Å². The summed E-state index contributed by atoms with van der Waals surface area (Å²) in [6, 6.07) is 0. The lowest BCUT2D eigenvalue weighted by Crippen LogP contribution is -2.25. The molecule has 3 aromatic rings. The number of allylic oxidation sites excluding steroid dienone is 2. The van der Waals surface area contributed by atoms with E-state index in [4.69, 9.17) is 4.74 Å². The molecule has 2 aliphatic heterocycles. The highest BCUT2D eigenvalue weighted by Crippen LogP contribution is 2.47. The molecule has 3 aliphatic rings. The van der Waals surface area contributed by atoms with Gasteiger partial charge in [0.1, 0.15) is 5.92 Å². The van der Waals surface area contributed by atoms with Crippen LogP contribution in [0.5, 0.6) is 0 Å². The highest BCUT2D eigenvalue weighted by Gasteiger charge is 2.48. The van der Waals surface area contributed by atoms with E-state index in [1.807, 2.05) is 25.2 Å². The summed E-state index contributed by atoms with van der Waals surface area (Å²) in [4.78, 5) is 37.7. The summed E-state index contributed by atoms with van der Waals surface area (Å²) in [6.07, 6.45) is 9.56. The van der Waals surface area contributed by atoms with E-state index in [1.165, 1.54) is 7.11 Å². The third kappa shape index (κ3) is 3.85. The Kier molecular flexibility index (Phi) is 6.77. The molecule has 0 saturated carbocycles. The quantitative estimate of drug-likeness (QED) is 0.236. The number of aliphatic hydroxyl groups excluding tert-OH is 1. The second-order valence-electron chi connectivity index (χ2n) is 11.5. The summed E-state index contributed by atoms with van der Waals surface area (Å²) in [7, 11) is 1.33. The Bertz CT molecular complexity index is 1860. The van der Waals surface area contributed by atoms with Crippen molar-refractivity contribution in [2.24, 2.45) is 17.8 Å². The minimum atomic E-state index is -1.03. The van der Waals surface area contributed by atoms with Crippen molar-refractivity contribution < 1.29 is 19.4 Å². The van der Waals surface area contributed by atoms with Crippen molar-refractivity contribution in [1.82, 2.24) is 20.3 Å². The number of H-pyrrole nitrogens is 3.